The molecule has 22 rings (SSSR count). The molecule has 100 heavy (non-hydrogen) atoms. The lowest BCUT2D eigenvalue weighted by molar-refractivity contribution is 0.594. The van der Waals surface area contributed by atoms with E-state index in [9.17, 15) is 16.8 Å². The van der Waals surface area contributed by atoms with Gasteiger partial charge in [0.15, 0.2) is 0 Å². The molecule has 0 atom stereocenters. The highest BCUT2D eigenvalue weighted by Crippen LogP contribution is 2.47. The van der Waals surface area contributed by atoms with Gasteiger partial charge in [0.25, 0.3) is 0 Å². The minimum Gasteiger partial charge on any atom is -0.309 e. The molecular weight excluding hydrogens is 1270 g/mol. The molecule has 7 aromatic heterocycles. The van der Waals surface area contributed by atoms with Crippen LogP contribution in [0.2, 0.25) is 0 Å². The van der Waals surface area contributed by atoms with Gasteiger partial charge in [0.05, 0.1) is 80.3 Å². The number of fused-ring (bicyclic) bond motifs is 21. The zero-order valence-electron chi connectivity index (χ0n) is 53.3. The first-order valence-electron chi connectivity index (χ1n) is 33.6. The summed E-state index contributed by atoms with van der Waals surface area (Å²) in [7, 11) is -7.74. The zero-order chi connectivity index (χ0) is 66.0. The molecule has 0 spiro atoms. The molecular formula is C90H52N4O4S2. The highest BCUT2D eigenvalue weighted by molar-refractivity contribution is 7.91. The lowest BCUT2D eigenvalue weighted by atomic mass is 9.97. The molecule has 10 heteroatoms. The van der Waals surface area contributed by atoms with E-state index >= 15 is 0 Å². The molecule has 0 aliphatic heterocycles. The molecule has 0 radical (unpaired) electrons. The largest absolute Gasteiger partial charge is 0.309 e. The van der Waals surface area contributed by atoms with Gasteiger partial charge in [-0.25, -0.2) is 16.8 Å². The lowest BCUT2D eigenvalue weighted by Crippen LogP contribution is -2.02. The molecule has 0 aliphatic carbocycles. The van der Waals surface area contributed by atoms with Crippen LogP contribution >= 0.6 is 0 Å². The Balaban J connectivity index is 0.573. The first-order chi connectivity index (χ1) is 49.1. The molecule has 468 valence electrons. The number of aromatic nitrogens is 4. The summed E-state index contributed by atoms with van der Waals surface area (Å²) in [4.78, 5) is 0.940. The van der Waals surface area contributed by atoms with Gasteiger partial charge in [-0.3, -0.25) is 0 Å². The van der Waals surface area contributed by atoms with Crippen molar-refractivity contribution in [1.29, 1.82) is 0 Å². The zero-order valence-corrected chi connectivity index (χ0v) is 54.9. The van der Waals surface area contributed by atoms with Gasteiger partial charge in [-0.2, -0.15) is 0 Å². The summed E-state index contributed by atoms with van der Waals surface area (Å²) in [6.45, 7) is 0. The Bertz CT molecular complexity index is 7340. The summed E-state index contributed by atoms with van der Waals surface area (Å²) in [5, 5.41) is 16.1. The molecule has 22 aromatic rings. The van der Waals surface area contributed by atoms with E-state index < -0.39 is 19.7 Å². The van der Waals surface area contributed by atoms with E-state index in [0.29, 0.717) is 0 Å². The van der Waals surface area contributed by atoms with Crippen molar-refractivity contribution in [2.75, 3.05) is 0 Å². The molecule has 0 N–H and O–H groups in total. The van der Waals surface area contributed by atoms with E-state index in [1.54, 1.807) is 48.5 Å². The van der Waals surface area contributed by atoms with Gasteiger partial charge in [-0.15, -0.1) is 0 Å². The van der Waals surface area contributed by atoms with Gasteiger partial charge in [0, 0.05) is 81.1 Å². The number of para-hydroxylation sites is 6. The summed E-state index contributed by atoms with van der Waals surface area (Å²) < 4.78 is 67.3. The van der Waals surface area contributed by atoms with Crippen LogP contribution in [0.5, 0.6) is 0 Å². The van der Waals surface area contributed by atoms with E-state index in [0.717, 1.165) is 110 Å². The van der Waals surface area contributed by atoms with Crippen LogP contribution in [0.15, 0.2) is 335 Å². The Morgan fingerprint density at radius 2 is 0.400 bits per heavy atom. The fourth-order valence-corrected chi connectivity index (χ4v) is 19.6. The molecule has 7 heterocycles. The SMILES string of the molecule is O=S(=O)(c1ccc(-c2cc3c4ccccc4n4c5ccccc5c(c2)c34)cc1)c1ccc(-c2cc3c4ccccc4n4c5ccc(-c6ccc7c(c6)c6ccccc6n7-c6ccc(S(=O)(=O)c7ccc(-c8cc9c%10ccccc%10n%10c%11ccccc%11c(c8)c9%10)cc7)cc6)cc5c(c2)c34)cc1. The van der Waals surface area contributed by atoms with E-state index in [2.05, 4.69) is 230 Å². The Kier molecular flexibility index (Phi) is 11.1. The number of benzene rings is 15. The number of sulfone groups is 2. The Morgan fingerprint density at radius 1 is 0.180 bits per heavy atom. The van der Waals surface area contributed by atoms with Crippen molar-refractivity contribution in [2.45, 2.75) is 19.6 Å². The maximum absolute atomic E-state index is 14.5. The predicted molar refractivity (Wildman–Crippen MR) is 410 cm³/mol. The van der Waals surface area contributed by atoms with Gasteiger partial charge >= 0.3 is 0 Å². The van der Waals surface area contributed by atoms with Crippen molar-refractivity contribution in [3.8, 4) is 50.2 Å². The normalized spacial score (nSPS) is 12.8. The summed E-state index contributed by atoms with van der Waals surface area (Å²) in [5.74, 6) is 0. The van der Waals surface area contributed by atoms with Gasteiger partial charge in [-0.1, -0.05) is 158 Å². The Hall–Kier alpha value is -12.6. The first-order valence-corrected chi connectivity index (χ1v) is 36.6. The molecule has 0 amide bonds. The van der Waals surface area contributed by atoms with Crippen molar-refractivity contribution in [3.05, 3.63) is 315 Å². The Labute approximate surface area is 571 Å². The molecule has 0 saturated heterocycles. The third-order valence-corrected chi connectivity index (χ3v) is 25.2. The van der Waals surface area contributed by atoms with Crippen molar-refractivity contribution in [1.82, 2.24) is 17.8 Å². The van der Waals surface area contributed by atoms with Crippen molar-refractivity contribution >= 4 is 156 Å². The maximum Gasteiger partial charge on any atom is 0.206 e. The summed E-state index contributed by atoms with van der Waals surface area (Å²) in [6.07, 6.45) is 0. The average Bonchev–Trinajstić information content (AvgIpc) is 1.55. The second-order valence-electron chi connectivity index (χ2n) is 26.7. The second kappa shape index (κ2) is 20.0. The number of hydrogen-bond donors (Lipinski definition) is 0. The van der Waals surface area contributed by atoms with E-state index in [-0.39, 0.29) is 19.6 Å². The van der Waals surface area contributed by atoms with Crippen LogP contribution < -0.4 is 0 Å². The van der Waals surface area contributed by atoms with Crippen LogP contribution in [-0.4, -0.2) is 34.6 Å². The quantitative estimate of drug-likeness (QED) is 0.144. The van der Waals surface area contributed by atoms with Crippen LogP contribution in [-0.2, 0) is 19.7 Å². The highest BCUT2D eigenvalue weighted by Gasteiger charge is 2.26. The molecule has 15 aromatic carbocycles. The number of rotatable bonds is 9. The molecule has 0 bridgehead atoms. The van der Waals surface area contributed by atoms with E-state index in [1.165, 1.54) is 76.2 Å². The van der Waals surface area contributed by atoms with Crippen LogP contribution in [0, 0.1) is 0 Å². The molecule has 0 aliphatic rings. The molecule has 0 fully saturated rings. The molecule has 0 saturated carbocycles. The predicted octanol–water partition coefficient (Wildman–Crippen LogP) is 22.6. The van der Waals surface area contributed by atoms with E-state index in [1.807, 2.05) is 54.6 Å². The van der Waals surface area contributed by atoms with Crippen LogP contribution in [0.3, 0.4) is 0 Å². The fourth-order valence-electron chi connectivity index (χ4n) is 17.0. The first kappa shape index (κ1) is 55.5. The highest BCUT2D eigenvalue weighted by atomic mass is 32.2. The number of nitrogens with zero attached hydrogens (tertiary/aromatic N) is 4. The standard InChI is InChI=1S/C90H52N4O4S2/c95-99(96,62-35-25-53(26-36-62)58-47-74-67-14-2-8-20-81(67)92-82-21-9-3-15-68(82)75(48-58)88(74)92)63-37-29-55(30-38-63)60-51-78-71-18-6-12-24-85(71)94-87-44-32-57(46-73(87)79(52-60)90(78)94)56-31-43-86-72(45-56)66-13-1-7-19-80(66)91(86)61-33-41-65(42-34-61)100(97,98)64-39-27-54(28-40-64)59-49-76-69-16-4-10-22-83(69)93-84-23-11-5-17-70(84)77(50-59)89(76)93/h1-52H. The molecule has 0 unspecified atom stereocenters. The summed E-state index contributed by atoms with van der Waals surface area (Å²) >= 11 is 0. The second-order valence-corrected chi connectivity index (χ2v) is 30.6. The van der Waals surface area contributed by atoms with Gasteiger partial charge in [0.2, 0.25) is 19.7 Å². The van der Waals surface area contributed by atoms with Crippen LogP contribution in [0.25, 0.3) is 186 Å². The van der Waals surface area contributed by atoms with Crippen LogP contribution in [0.4, 0.5) is 0 Å². The van der Waals surface area contributed by atoms with Crippen molar-refractivity contribution < 1.29 is 16.8 Å². The monoisotopic (exact) mass is 1320 g/mol. The summed E-state index contributed by atoms with van der Waals surface area (Å²) in [6, 6.07) is 107. The third kappa shape index (κ3) is 7.57. The Morgan fingerprint density at radius 3 is 0.730 bits per heavy atom. The van der Waals surface area contributed by atoms with Gasteiger partial charge < -0.3 is 17.8 Å². The van der Waals surface area contributed by atoms with Gasteiger partial charge in [0.1, 0.15) is 0 Å². The summed E-state index contributed by atoms with van der Waals surface area (Å²) in [5.41, 5.74) is 21.3. The lowest BCUT2D eigenvalue weighted by Gasteiger charge is -2.11. The van der Waals surface area contributed by atoms with Crippen LogP contribution in [0.1, 0.15) is 0 Å². The molecule has 8 nitrogen and oxygen atoms in total. The van der Waals surface area contributed by atoms with Crippen molar-refractivity contribution in [2.24, 2.45) is 0 Å². The fraction of sp³-hybridized carbons (Fsp3) is 0. The minimum absolute atomic E-state index is 0.225. The number of hydrogen-bond acceptors (Lipinski definition) is 4. The van der Waals surface area contributed by atoms with E-state index in [4.69, 9.17) is 0 Å². The minimum atomic E-state index is -3.87. The van der Waals surface area contributed by atoms with Crippen molar-refractivity contribution in [3.63, 3.8) is 0 Å². The topological polar surface area (TPSA) is 86.4 Å². The maximum atomic E-state index is 14.5. The smallest absolute Gasteiger partial charge is 0.206 e. The average molecular weight is 1320 g/mol. The third-order valence-electron chi connectivity index (χ3n) is 21.6. The van der Waals surface area contributed by atoms with Gasteiger partial charge in [-0.05, 0) is 202 Å².